The first-order valence-corrected chi connectivity index (χ1v) is 6.88. The number of hydrogen-bond donors (Lipinski definition) is 0. The molecular weight excluding hydrogens is 244 g/mol. The zero-order valence-corrected chi connectivity index (χ0v) is 12.0. The highest BCUT2D eigenvalue weighted by Crippen LogP contribution is 2.35. The zero-order valence-electron chi connectivity index (χ0n) is 12.0. The van der Waals surface area contributed by atoms with E-state index in [0.29, 0.717) is 0 Å². The Morgan fingerprint density at radius 1 is 0.900 bits per heavy atom. The molecule has 0 amide bonds. The van der Waals surface area contributed by atoms with Crippen molar-refractivity contribution in [2.24, 2.45) is 5.41 Å². The first-order valence-electron chi connectivity index (χ1n) is 6.88. The summed E-state index contributed by atoms with van der Waals surface area (Å²) in [5.41, 5.74) is 1.89. The Balaban J connectivity index is 2.33. The molecule has 102 valence electrons. The van der Waals surface area contributed by atoms with Gasteiger partial charge in [0.15, 0.2) is 0 Å². The maximum Gasteiger partial charge on any atom is 0.126 e. The Bertz CT molecular complexity index is 567. The maximum atomic E-state index is 11.4. The van der Waals surface area contributed by atoms with Gasteiger partial charge < -0.3 is 4.79 Å². The molecule has 0 aliphatic heterocycles. The van der Waals surface area contributed by atoms with Gasteiger partial charge in [0.2, 0.25) is 0 Å². The molecular formula is C19H20O. The first-order chi connectivity index (χ1) is 9.63. The standard InChI is InChI=1S/C19H20O/c1-19(2,15-20)18(17-11-7-4-8-12-17)14-13-16-9-5-3-6-10-16/h3-15,18H,1-2H3/b14-13+. The predicted octanol–water partition coefficient (Wildman–Crippen LogP) is 4.71. The van der Waals surface area contributed by atoms with Gasteiger partial charge in [-0.15, -0.1) is 0 Å². The van der Waals surface area contributed by atoms with E-state index >= 15 is 0 Å². The number of carbonyl (C=O) groups is 1. The molecule has 0 fully saturated rings. The molecule has 0 saturated carbocycles. The lowest BCUT2D eigenvalue weighted by Gasteiger charge is -2.27. The predicted molar refractivity (Wildman–Crippen MR) is 84.5 cm³/mol. The molecule has 0 heterocycles. The highest BCUT2D eigenvalue weighted by atomic mass is 16.1. The normalized spacial score (nSPS) is 13.3. The molecule has 0 aromatic heterocycles. The minimum atomic E-state index is -0.424. The average molecular weight is 264 g/mol. The van der Waals surface area contributed by atoms with Crippen LogP contribution in [0, 0.1) is 5.41 Å². The SMILES string of the molecule is CC(C)(C=O)C(/C=C/c1ccccc1)c1ccccc1. The van der Waals surface area contributed by atoms with Gasteiger partial charge in [-0.1, -0.05) is 86.7 Å². The van der Waals surface area contributed by atoms with Gasteiger partial charge in [-0.3, -0.25) is 0 Å². The summed E-state index contributed by atoms with van der Waals surface area (Å²) >= 11 is 0. The minimum Gasteiger partial charge on any atom is -0.303 e. The van der Waals surface area contributed by atoms with Crippen molar-refractivity contribution in [2.45, 2.75) is 19.8 Å². The van der Waals surface area contributed by atoms with Crippen LogP contribution in [0.25, 0.3) is 6.08 Å². The summed E-state index contributed by atoms with van der Waals surface area (Å²) in [4.78, 5) is 11.4. The Morgan fingerprint density at radius 2 is 1.45 bits per heavy atom. The van der Waals surface area contributed by atoms with Crippen molar-refractivity contribution in [1.82, 2.24) is 0 Å². The lowest BCUT2D eigenvalue weighted by molar-refractivity contribution is -0.115. The van der Waals surface area contributed by atoms with Gasteiger partial charge in [0, 0.05) is 11.3 Å². The molecule has 1 atom stereocenters. The summed E-state index contributed by atoms with van der Waals surface area (Å²) in [6.07, 6.45) is 5.25. The summed E-state index contributed by atoms with van der Waals surface area (Å²) in [7, 11) is 0. The molecule has 0 spiro atoms. The second-order valence-corrected chi connectivity index (χ2v) is 5.60. The quantitative estimate of drug-likeness (QED) is 0.715. The first kappa shape index (κ1) is 14.3. The molecule has 0 radical (unpaired) electrons. The van der Waals surface area contributed by atoms with Gasteiger partial charge in [0.1, 0.15) is 6.29 Å². The number of benzene rings is 2. The molecule has 1 unspecified atom stereocenters. The number of hydrogen-bond acceptors (Lipinski definition) is 1. The number of allylic oxidation sites excluding steroid dienone is 1. The second kappa shape index (κ2) is 6.33. The summed E-state index contributed by atoms with van der Waals surface area (Å²) < 4.78 is 0. The van der Waals surface area contributed by atoms with Crippen LogP contribution >= 0.6 is 0 Å². The average Bonchev–Trinajstić information content (AvgIpc) is 2.49. The van der Waals surface area contributed by atoms with Crippen LogP contribution in [0.4, 0.5) is 0 Å². The highest BCUT2D eigenvalue weighted by molar-refractivity contribution is 5.63. The number of aldehydes is 1. The molecule has 0 saturated heterocycles. The van der Waals surface area contributed by atoms with Crippen LogP contribution in [0.3, 0.4) is 0 Å². The van der Waals surface area contributed by atoms with E-state index in [1.54, 1.807) is 0 Å². The van der Waals surface area contributed by atoms with Crippen molar-refractivity contribution < 1.29 is 4.79 Å². The molecule has 1 heteroatoms. The fourth-order valence-electron chi connectivity index (χ4n) is 2.29. The van der Waals surface area contributed by atoms with Crippen molar-refractivity contribution in [3.8, 4) is 0 Å². The molecule has 20 heavy (non-hydrogen) atoms. The maximum absolute atomic E-state index is 11.4. The van der Waals surface area contributed by atoms with Gasteiger partial charge in [-0.05, 0) is 11.1 Å². The lowest BCUT2D eigenvalue weighted by Crippen LogP contribution is -2.22. The Labute approximate surface area is 121 Å². The topological polar surface area (TPSA) is 17.1 Å². The third-order valence-electron chi connectivity index (χ3n) is 3.54. The molecule has 1 nitrogen and oxygen atoms in total. The van der Waals surface area contributed by atoms with E-state index in [4.69, 9.17) is 0 Å². The van der Waals surface area contributed by atoms with Crippen LogP contribution in [0.15, 0.2) is 66.7 Å². The minimum absolute atomic E-state index is 0.0707. The molecule has 2 aromatic carbocycles. The molecule has 0 N–H and O–H groups in total. The van der Waals surface area contributed by atoms with Crippen LogP contribution in [0.1, 0.15) is 30.9 Å². The van der Waals surface area contributed by atoms with E-state index in [-0.39, 0.29) is 5.92 Å². The van der Waals surface area contributed by atoms with E-state index in [9.17, 15) is 4.79 Å². The van der Waals surface area contributed by atoms with Crippen LogP contribution in [-0.4, -0.2) is 6.29 Å². The van der Waals surface area contributed by atoms with E-state index < -0.39 is 5.41 Å². The van der Waals surface area contributed by atoms with E-state index in [0.717, 1.165) is 17.4 Å². The van der Waals surface area contributed by atoms with Gasteiger partial charge >= 0.3 is 0 Å². The van der Waals surface area contributed by atoms with Crippen molar-refractivity contribution >= 4 is 12.4 Å². The largest absolute Gasteiger partial charge is 0.303 e. The number of rotatable bonds is 5. The third kappa shape index (κ3) is 3.45. The monoisotopic (exact) mass is 264 g/mol. The fraction of sp³-hybridized carbons (Fsp3) is 0.211. The van der Waals surface area contributed by atoms with Gasteiger partial charge in [-0.2, -0.15) is 0 Å². The second-order valence-electron chi connectivity index (χ2n) is 5.60. The lowest BCUT2D eigenvalue weighted by atomic mass is 9.75. The molecule has 2 rings (SSSR count). The molecule has 0 aliphatic carbocycles. The van der Waals surface area contributed by atoms with Crippen LogP contribution in [0.5, 0.6) is 0 Å². The molecule has 0 bridgehead atoms. The zero-order chi connectivity index (χ0) is 14.4. The smallest absolute Gasteiger partial charge is 0.126 e. The summed E-state index contributed by atoms with van der Waals surface area (Å²) in [6, 6.07) is 20.3. The van der Waals surface area contributed by atoms with Crippen molar-refractivity contribution in [3.63, 3.8) is 0 Å². The highest BCUT2D eigenvalue weighted by Gasteiger charge is 2.28. The van der Waals surface area contributed by atoms with Crippen molar-refractivity contribution in [2.75, 3.05) is 0 Å². The van der Waals surface area contributed by atoms with Crippen molar-refractivity contribution in [3.05, 3.63) is 77.9 Å². The fourth-order valence-corrected chi connectivity index (χ4v) is 2.29. The van der Waals surface area contributed by atoms with Gasteiger partial charge in [0.25, 0.3) is 0 Å². The Kier molecular flexibility index (Phi) is 4.52. The summed E-state index contributed by atoms with van der Waals surface area (Å²) in [5, 5.41) is 0. The van der Waals surface area contributed by atoms with Crippen LogP contribution in [-0.2, 0) is 4.79 Å². The van der Waals surface area contributed by atoms with E-state index in [1.165, 1.54) is 0 Å². The van der Waals surface area contributed by atoms with Gasteiger partial charge in [-0.25, -0.2) is 0 Å². The van der Waals surface area contributed by atoms with E-state index in [1.807, 2.05) is 50.2 Å². The Morgan fingerprint density at radius 3 is 2.00 bits per heavy atom. The number of carbonyl (C=O) groups excluding carboxylic acids is 1. The third-order valence-corrected chi connectivity index (χ3v) is 3.54. The van der Waals surface area contributed by atoms with Crippen LogP contribution in [0.2, 0.25) is 0 Å². The van der Waals surface area contributed by atoms with Crippen LogP contribution < -0.4 is 0 Å². The van der Waals surface area contributed by atoms with E-state index in [2.05, 4.69) is 36.4 Å². The summed E-state index contributed by atoms with van der Waals surface area (Å²) in [5.74, 6) is 0.0707. The molecule has 2 aromatic rings. The van der Waals surface area contributed by atoms with Crippen molar-refractivity contribution in [1.29, 1.82) is 0 Å². The van der Waals surface area contributed by atoms with Gasteiger partial charge in [0.05, 0.1) is 0 Å². The summed E-state index contributed by atoms with van der Waals surface area (Å²) in [6.45, 7) is 3.96. The Hall–Kier alpha value is -2.15. The molecule has 0 aliphatic rings.